The van der Waals surface area contributed by atoms with E-state index in [0.717, 1.165) is 33.0 Å². The highest BCUT2D eigenvalue weighted by atomic mass is 16.4. The molecular formula is C28H23N5O3. The minimum atomic E-state index is -1.01. The van der Waals surface area contributed by atoms with Gasteiger partial charge in [-0.1, -0.05) is 18.2 Å². The summed E-state index contributed by atoms with van der Waals surface area (Å²) in [6.07, 6.45) is 5.22. The number of carbonyl (C=O) groups excluding carboxylic acids is 1. The molecule has 0 radical (unpaired) electrons. The van der Waals surface area contributed by atoms with Gasteiger partial charge in [-0.2, -0.15) is 0 Å². The lowest BCUT2D eigenvalue weighted by atomic mass is 9.99. The van der Waals surface area contributed by atoms with E-state index < -0.39 is 5.97 Å². The highest BCUT2D eigenvalue weighted by Gasteiger charge is 2.13. The number of nitrogens with one attached hydrogen (secondary N) is 1. The van der Waals surface area contributed by atoms with Crippen molar-refractivity contribution in [3.05, 3.63) is 107 Å². The van der Waals surface area contributed by atoms with Crippen LogP contribution in [0, 0.1) is 6.92 Å². The monoisotopic (exact) mass is 477 g/mol. The zero-order valence-corrected chi connectivity index (χ0v) is 19.5. The van der Waals surface area contributed by atoms with E-state index in [0.29, 0.717) is 35.4 Å². The molecule has 2 aromatic carbocycles. The third-order valence-electron chi connectivity index (χ3n) is 6.04. The molecule has 0 atom stereocenters. The molecule has 5 rings (SSSR count). The smallest absolute Gasteiger partial charge is 0.336 e. The summed E-state index contributed by atoms with van der Waals surface area (Å²) in [6.45, 7) is 2.22. The number of benzene rings is 2. The number of carboxylic acids is 1. The Morgan fingerprint density at radius 1 is 0.889 bits per heavy atom. The SMILES string of the molecule is Cc1cc2cc(Cc3cc(C(=O)NCc4ccc5c(N)nccc5c4)ccn3)cc(C(=O)O)c2cn1. The number of aromatic carboxylic acids is 1. The van der Waals surface area contributed by atoms with E-state index in [1.54, 1.807) is 36.8 Å². The number of rotatable bonds is 6. The van der Waals surface area contributed by atoms with Crippen LogP contribution in [0.15, 0.2) is 73.2 Å². The lowest BCUT2D eigenvalue weighted by Gasteiger charge is -2.10. The molecule has 0 aliphatic carbocycles. The average Bonchev–Trinajstić information content (AvgIpc) is 2.86. The predicted molar refractivity (Wildman–Crippen MR) is 138 cm³/mol. The molecule has 8 nitrogen and oxygen atoms in total. The Hall–Kier alpha value is -4.85. The maximum Gasteiger partial charge on any atom is 0.336 e. The number of fused-ring (bicyclic) bond motifs is 2. The highest BCUT2D eigenvalue weighted by Crippen LogP contribution is 2.23. The summed E-state index contributed by atoms with van der Waals surface area (Å²) in [5, 5.41) is 15.8. The number of carboxylic acid groups (broad SMARTS) is 1. The molecule has 36 heavy (non-hydrogen) atoms. The van der Waals surface area contributed by atoms with Crippen molar-refractivity contribution >= 4 is 39.2 Å². The van der Waals surface area contributed by atoms with Crippen molar-refractivity contribution in [1.82, 2.24) is 20.3 Å². The first kappa shape index (κ1) is 22.9. The molecule has 0 saturated carbocycles. The van der Waals surface area contributed by atoms with Crippen molar-refractivity contribution in [2.45, 2.75) is 19.9 Å². The van der Waals surface area contributed by atoms with Gasteiger partial charge in [0.25, 0.3) is 5.91 Å². The molecule has 1 amide bonds. The van der Waals surface area contributed by atoms with E-state index >= 15 is 0 Å². The molecule has 5 aromatic rings. The third kappa shape index (κ3) is 4.69. The first-order valence-electron chi connectivity index (χ1n) is 11.4. The zero-order chi connectivity index (χ0) is 25.2. The number of hydrogen-bond acceptors (Lipinski definition) is 6. The maximum atomic E-state index is 12.8. The van der Waals surface area contributed by atoms with E-state index in [-0.39, 0.29) is 11.5 Å². The predicted octanol–water partition coefficient (Wildman–Crippen LogP) is 4.29. The molecule has 8 heteroatoms. The van der Waals surface area contributed by atoms with Crippen molar-refractivity contribution < 1.29 is 14.7 Å². The Bertz CT molecular complexity index is 1650. The van der Waals surface area contributed by atoms with Crippen LogP contribution in [0.5, 0.6) is 0 Å². The number of pyridine rings is 3. The summed E-state index contributed by atoms with van der Waals surface area (Å²) in [4.78, 5) is 37.4. The van der Waals surface area contributed by atoms with Gasteiger partial charge in [-0.05, 0) is 65.2 Å². The second-order valence-corrected chi connectivity index (χ2v) is 8.64. The Morgan fingerprint density at radius 2 is 1.69 bits per heavy atom. The quantitative estimate of drug-likeness (QED) is 0.332. The summed E-state index contributed by atoms with van der Waals surface area (Å²) >= 11 is 0. The average molecular weight is 478 g/mol. The molecule has 0 aliphatic rings. The minimum Gasteiger partial charge on any atom is -0.478 e. The van der Waals surface area contributed by atoms with E-state index in [9.17, 15) is 14.7 Å². The van der Waals surface area contributed by atoms with Crippen LogP contribution in [0.1, 0.15) is 43.2 Å². The van der Waals surface area contributed by atoms with Crippen LogP contribution in [0.3, 0.4) is 0 Å². The van der Waals surface area contributed by atoms with Gasteiger partial charge in [-0.3, -0.25) is 14.8 Å². The van der Waals surface area contributed by atoms with Gasteiger partial charge in [-0.15, -0.1) is 0 Å². The van der Waals surface area contributed by atoms with Crippen molar-refractivity contribution in [1.29, 1.82) is 0 Å². The van der Waals surface area contributed by atoms with Crippen LogP contribution in [0.2, 0.25) is 0 Å². The Kier molecular flexibility index (Phi) is 6.00. The first-order chi connectivity index (χ1) is 17.4. The minimum absolute atomic E-state index is 0.192. The number of carbonyl (C=O) groups is 2. The summed E-state index contributed by atoms with van der Waals surface area (Å²) < 4.78 is 0. The summed E-state index contributed by atoms with van der Waals surface area (Å²) in [7, 11) is 0. The number of nitrogens with two attached hydrogens (primary N) is 1. The van der Waals surface area contributed by atoms with Crippen LogP contribution >= 0.6 is 0 Å². The number of aromatic nitrogens is 3. The second-order valence-electron chi connectivity index (χ2n) is 8.64. The summed E-state index contributed by atoms with van der Waals surface area (Å²) in [5.41, 5.74) is 9.79. The largest absolute Gasteiger partial charge is 0.478 e. The lowest BCUT2D eigenvalue weighted by Crippen LogP contribution is -2.23. The number of anilines is 1. The second kappa shape index (κ2) is 9.42. The van der Waals surface area contributed by atoms with Crippen LogP contribution in [0.4, 0.5) is 5.82 Å². The Balaban J connectivity index is 1.34. The molecule has 0 bridgehead atoms. The zero-order valence-electron chi connectivity index (χ0n) is 19.5. The topological polar surface area (TPSA) is 131 Å². The maximum absolute atomic E-state index is 12.8. The fourth-order valence-electron chi connectivity index (χ4n) is 4.28. The molecule has 178 valence electrons. The summed E-state index contributed by atoms with van der Waals surface area (Å²) in [5.74, 6) is -0.762. The van der Waals surface area contributed by atoms with E-state index in [1.165, 1.54) is 0 Å². The van der Waals surface area contributed by atoms with E-state index in [2.05, 4.69) is 20.3 Å². The van der Waals surface area contributed by atoms with Crippen LogP contribution < -0.4 is 11.1 Å². The first-order valence-corrected chi connectivity index (χ1v) is 11.4. The number of nitrogen functional groups attached to an aromatic ring is 1. The molecule has 3 heterocycles. The molecule has 0 aliphatic heterocycles. The van der Waals surface area contributed by atoms with Crippen LogP contribution in [-0.4, -0.2) is 31.9 Å². The van der Waals surface area contributed by atoms with Gasteiger partial charge in [-0.25, -0.2) is 9.78 Å². The number of hydrogen-bond donors (Lipinski definition) is 3. The normalized spacial score (nSPS) is 11.0. The van der Waals surface area contributed by atoms with Gasteiger partial charge in [0.1, 0.15) is 5.82 Å². The fraction of sp³-hybridized carbons (Fsp3) is 0.107. The molecule has 0 unspecified atom stereocenters. The highest BCUT2D eigenvalue weighted by molar-refractivity contribution is 6.04. The van der Waals surface area contributed by atoms with Crippen molar-refractivity contribution in [2.75, 3.05) is 5.73 Å². The Morgan fingerprint density at radius 3 is 2.53 bits per heavy atom. The number of nitrogens with zero attached hydrogens (tertiary/aromatic N) is 3. The van der Waals surface area contributed by atoms with E-state index in [4.69, 9.17) is 5.73 Å². The van der Waals surface area contributed by atoms with Crippen LogP contribution in [-0.2, 0) is 13.0 Å². The standard InChI is InChI=1S/C28H23N5O3/c1-16-8-21-10-18(12-24(28(35)36)25(21)15-32-16)11-22-13-20(5-6-30-22)27(34)33-14-17-2-3-23-19(9-17)4-7-31-26(23)29/h2-10,12-13,15H,11,14H2,1H3,(H2,29,31)(H,33,34)(H,35,36). The summed E-state index contributed by atoms with van der Waals surface area (Å²) in [6, 6.07) is 16.5. The number of aryl methyl sites for hydroxylation is 1. The molecule has 0 fully saturated rings. The molecular weight excluding hydrogens is 454 g/mol. The molecule has 0 saturated heterocycles. The van der Waals surface area contributed by atoms with Gasteiger partial charge in [0.15, 0.2) is 0 Å². The fourth-order valence-corrected chi connectivity index (χ4v) is 4.28. The van der Waals surface area contributed by atoms with Crippen molar-refractivity contribution in [2.24, 2.45) is 0 Å². The Labute approximate surface area is 206 Å². The van der Waals surface area contributed by atoms with Gasteiger partial charge in [0, 0.05) is 59.3 Å². The van der Waals surface area contributed by atoms with Crippen molar-refractivity contribution in [3.8, 4) is 0 Å². The molecule has 0 spiro atoms. The van der Waals surface area contributed by atoms with E-state index in [1.807, 2.05) is 43.3 Å². The molecule has 4 N–H and O–H groups in total. The number of amides is 1. The van der Waals surface area contributed by atoms with Gasteiger partial charge in [0.2, 0.25) is 0 Å². The lowest BCUT2D eigenvalue weighted by molar-refractivity contribution is 0.0698. The van der Waals surface area contributed by atoms with Crippen molar-refractivity contribution in [3.63, 3.8) is 0 Å². The molecule has 3 aromatic heterocycles. The van der Waals surface area contributed by atoms with Gasteiger partial charge in [0.05, 0.1) is 5.56 Å². The van der Waals surface area contributed by atoms with Crippen LogP contribution in [0.25, 0.3) is 21.5 Å². The third-order valence-corrected chi connectivity index (χ3v) is 6.04. The van der Waals surface area contributed by atoms with Gasteiger partial charge >= 0.3 is 5.97 Å². The van der Waals surface area contributed by atoms with Gasteiger partial charge < -0.3 is 16.2 Å².